The molecule has 0 aliphatic rings. The van der Waals surface area contributed by atoms with Crippen LogP contribution in [-0.2, 0) is 11.8 Å². The van der Waals surface area contributed by atoms with Crippen molar-refractivity contribution in [1.29, 1.82) is 5.26 Å². The minimum absolute atomic E-state index is 0.169. The molecule has 0 spiro atoms. The van der Waals surface area contributed by atoms with Gasteiger partial charge in [0.05, 0.1) is 0 Å². The minimum atomic E-state index is -0.169. The fraction of sp³-hybridized carbons (Fsp3) is 0.0833. The maximum absolute atomic E-state index is 12.0. The zero-order valence-electron chi connectivity index (χ0n) is 16.7. The first-order valence-corrected chi connectivity index (χ1v) is 9.34. The number of hydrogen-bond acceptors (Lipinski definition) is 4. The van der Waals surface area contributed by atoms with Crippen LogP contribution >= 0.6 is 0 Å². The number of anilines is 1. The van der Waals surface area contributed by atoms with Gasteiger partial charge < -0.3 is 9.47 Å². The Bertz CT molecular complexity index is 1330. The molecule has 0 fully saturated rings. The van der Waals surface area contributed by atoms with Crippen LogP contribution in [0.25, 0.3) is 33.3 Å². The van der Waals surface area contributed by atoms with Gasteiger partial charge in [-0.15, -0.1) is 0 Å². The van der Waals surface area contributed by atoms with Crippen LogP contribution in [0.4, 0.5) is 5.69 Å². The second-order valence-corrected chi connectivity index (χ2v) is 6.94. The van der Waals surface area contributed by atoms with Gasteiger partial charge in [0.15, 0.2) is 0 Å². The van der Waals surface area contributed by atoms with Crippen LogP contribution in [0.15, 0.2) is 73.7 Å². The predicted molar refractivity (Wildman–Crippen MR) is 118 cm³/mol. The van der Waals surface area contributed by atoms with Crippen molar-refractivity contribution < 1.29 is 4.79 Å². The molecule has 4 aromatic rings. The summed E-state index contributed by atoms with van der Waals surface area (Å²) in [5.74, 6) is -0.169. The number of fused-ring (bicyclic) bond motifs is 1. The van der Waals surface area contributed by atoms with Crippen molar-refractivity contribution in [3.05, 3.63) is 79.4 Å². The number of likely N-dealkylation sites (N-methyl/N-ethyl adjacent to an activating group) is 1. The summed E-state index contributed by atoms with van der Waals surface area (Å²) >= 11 is 0. The van der Waals surface area contributed by atoms with Crippen LogP contribution in [-0.4, -0.2) is 27.5 Å². The molecule has 146 valence electrons. The van der Waals surface area contributed by atoms with Gasteiger partial charge in [0.2, 0.25) is 5.91 Å². The maximum Gasteiger partial charge on any atom is 0.250 e. The predicted octanol–water partition coefficient (Wildman–Crippen LogP) is 4.32. The van der Waals surface area contributed by atoms with E-state index in [1.54, 1.807) is 24.2 Å². The monoisotopic (exact) mass is 393 g/mol. The highest BCUT2D eigenvalue weighted by Gasteiger charge is 2.13. The van der Waals surface area contributed by atoms with Gasteiger partial charge >= 0.3 is 0 Å². The van der Waals surface area contributed by atoms with Crippen LogP contribution < -0.4 is 4.90 Å². The summed E-state index contributed by atoms with van der Waals surface area (Å²) in [6, 6.07) is 15.6. The van der Waals surface area contributed by atoms with Gasteiger partial charge in [-0.3, -0.25) is 4.79 Å². The van der Waals surface area contributed by atoms with E-state index < -0.39 is 0 Å². The van der Waals surface area contributed by atoms with Gasteiger partial charge in [0.1, 0.15) is 17.4 Å². The second-order valence-electron chi connectivity index (χ2n) is 6.94. The Morgan fingerprint density at radius 3 is 2.77 bits per heavy atom. The summed E-state index contributed by atoms with van der Waals surface area (Å²) in [4.78, 5) is 22.2. The van der Waals surface area contributed by atoms with Crippen molar-refractivity contribution in [2.24, 2.45) is 7.05 Å². The molecule has 0 aliphatic carbocycles. The average Bonchev–Trinajstić information content (AvgIpc) is 3.14. The van der Waals surface area contributed by atoms with Gasteiger partial charge in [0.25, 0.3) is 0 Å². The smallest absolute Gasteiger partial charge is 0.250 e. The van der Waals surface area contributed by atoms with Gasteiger partial charge in [-0.2, -0.15) is 5.26 Å². The van der Waals surface area contributed by atoms with Crippen LogP contribution in [0.2, 0.25) is 0 Å². The number of nitriles is 1. The summed E-state index contributed by atoms with van der Waals surface area (Å²) < 4.78 is 1.97. The summed E-state index contributed by atoms with van der Waals surface area (Å²) in [5.41, 5.74) is 5.78. The molecule has 1 aromatic carbocycles. The number of amides is 1. The molecule has 0 N–H and O–H groups in total. The number of aromatic nitrogens is 3. The molecule has 0 atom stereocenters. The number of nitrogens with zero attached hydrogens (tertiary/aromatic N) is 5. The Morgan fingerprint density at radius 1 is 1.17 bits per heavy atom. The molecule has 6 nitrogen and oxygen atoms in total. The lowest BCUT2D eigenvalue weighted by Crippen LogP contribution is -2.23. The Balaban J connectivity index is 1.84. The van der Waals surface area contributed by atoms with E-state index in [2.05, 4.69) is 28.7 Å². The number of carbonyl (C=O) groups is 1. The number of benzene rings is 1. The molecule has 0 saturated heterocycles. The Hall–Kier alpha value is -4.24. The summed E-state index contributed by atoms with van der Waals surface area (Å²) in [7, 11) is 3.66. The topological polar surface area (TPSA) is 74.8 Å². The SMILES string of the molecule is C=CC(=O)N(C)c1cccc(-c2cnc3c(c2)c(-c2ccnc(C#N)c2)cn3C)c1. The van der Waals surface area contributed by atoms with Crippen molar-refractivity contribution in [2.75, 3.05) is 11.9 Å². The first kappa shape index (κ1) is 19.1. The summed E-state index contributed by atoms with van der Waals surface area (Å²) in [5, 5.41) is 10.2. The van der Waals surface area contributed by atoms with Gasteiger partial charge in [-0.25, -0.2) is 9.97 Å². The number of hydrogen-bond donors (Lipinski definition) is 0. The molecule has 3 aromatic heterocycles. The average molecular weight is 393 g/mol. The highest BCUT2D eigenvalue weighted by Crippen LogP contribution is 2.33. The van der Waals surface area contributed by atoms with Crippen molar-refractivity contribution in [3.8, 4) is 28.3 Å². The molecule has 30 heavy (non-hydrogen) atoms. The minimum Gasteiger partial charge on any atom is -0.335 e. The number of aryl methyl sites for hydroxylation is 1. The van der Waals surface area contributed by atoms with Crippen LogP contribution in [0.1, 0.15) is 5.69 Å². The highest BCUT2D eigenvalue weighted by molar-refractivity contribution is 6.01. The maximum atomic E-state index is 12.0. The van der Waals surface area contributed by atoms with E-state index in [4.69, 9.17) is 0 Å². The van der Waals surface area contributed by atoms with Crippen molar-refractivity contribution in [3.63, 3.8) is 0 Å². The fourth-order valence-corrected chi connectivity index (χ4v) is 3.47. The molecule has 1 amide bonds. The van der Waals surface area contributed by atoms with E-state index in [0.717, 1.165) is 39.0 Å². The molecule has 6 heteroatoms. The molecular weight excluding hydrogens is 374 g/mol. The first-order chi connectivity index (χ1) is 14.5. The van der Waals surface area contributed by atoms with Crippen molar-refractivity contribution in [1.82, 2.24) is 14.5 Å². The van der Waals surface area contributed by atoms with E-state index in [0.29, 0.717) is 5.69 Å². The normalized spacial score (nSPS) is 10.6. The van der Waals surface area contributed by atoms with E-state index in [9.17, 15) is 10.1 Å². The van der Waals surface area contributed by atoms with Gasteiger partial charge in [-0.1, -0.05) is 18.7 Å². The van der Waals surface area contributed by atoms with Gasteiger partial charge in [-0.05, 0) is 47.5 Å². The molecule has 3 heterocycles. The number of carbonyl (C=O) groups excluding carboxylic acids is 1. The largest absolute Gasteiger partial charge is 0.335 e. The van der Waals surface area contributed by atoms with Crippen molar-refractivity contribution in [2.45, 2.75) is 0 Å². The third-order valence-corrected chi connectivity index (χ3v) is 5.07. The molecule has 0 unspecified atom stereocenters. The third-order valence-electron chi connectivity index (χ3n) is 5.07. The zero-order chi connectivity index (χ0) is 21.3. The van der Waals surface area contributed by atoms with E-state index in [1.165, 1.54) is 6.08 Å². The molecule has 0 bridgehead atoms. The fourth-order valence-electron chi connectivity index (χ4n) is 3.47. The standard InChI is InChI=1S/C24H19N5O/c1-4-23(30)29(3)20-7-5-6-16(11-20)18-12-21-22(15-28(2)24(21)27-14-18)17-8-9-26-19(10-17)13-25/h4-12,14-15H,1H2,2-3H3. The van der Waals surface area contributed by atoms with Crippen LogP contribution in [0, 0.1) is 11.3 Å². The Kier molecular flexibility index (Phi) is 4.87. The van der Waals surface area contributed by atoms with Gasteiger partial charge in [0, 0.05) is 54.9 Å². The Morgan fingerprint density at radius 2 is 2.00 bits per heavy atom. The quantitative estimate of drug-likeness (QED) is 0.484. The van der Waals surface area contributed by atoms with Crippen molar-refractivity contribution >= 4 is 22.6 Å². The van der Waals surface area contributed by atoms with Crippen LogP contribution in [0.3, 0.4) is 0 Å². The molecular formula is C24H19N5O. The molecule has 0 saturated carbocycles. The Labute approximate surface area is 174 Å². The summed E-state index contributed by atoms with van der Waals surface area (Å²) in [6.07, 6.45) is 6.76. The third kappa shape index (κ3) is 3.33. The lowest BCUT2D eigenvalue weighted by atomic mass is 10.0. The number of pyridine rings is 2. The second kappa shape index (κ2) is 7.64. The lowest BCUT2D eigenvalue weighted by molar-refractivity contribution is -0.113. The van der Waals surface area contributed by atoms with E-state index in [1.807, 2.05) is 54.3 Å². The van der Waals surface area contributed by atoms with E-state index in [-0.39, 0.29) is 5.91 Å². The molecule has 0 aliphatic heterocycles. The highest BCUT2D eigenvalue weighted by atomic mass is 16.2. The number of rotatable bonds is 4. The molecule has 0 radical (unpaired) electrons. The zero-order valence-corrected chi connectivity index (χ0v) is 16.7. The lowest BCUT2D eigenvalue weighted by Gasteiger charge is -2.16. The summed E-state index contributed by atoms with van der Waals surface area (Å²) in [6.45, 7) is 3.55. The first-order valence-electron chi connectivity index (χ1n) is 9.34. The van der Waals surface area contributed by atoms with Crippen LogP contribution in [0.5, 0.6) is 0 Å². The molecule has 4 rings (SSSR count). The van der Waals surface area contributed by atoms with E-state index >= 15 is 0 Å².